The fourth-order valence-corrected chi connectivity index (χ4v) is 4.64. The summed E-state index contributed by atoms with van der Waals surface area (Å²) in [6.07, 6.45) is 6.72. The number of thiophene rings is 1. The first-order valence-corrected chi connectivity index (χ1v) is 8.94. The smallest absolute Gasteiger partial charge is 0.252 e. The van der Waals surface area contributed by atoms with E-state index >= 15 is 0 Å². The Kier molecular flexibility index (Phi) is 3.48. The Morgan fingerprint density at radius 2 is 2.14 bits per heavy atom. The molecule has 4 rings (SSSR count). The molecule has 0 saturated carbocycles. The molecule has 1 amide bonds. The number of hydrogen-bond acceptors (Lipinski definition) is 4. The zero-order chi connectivity index (χ0) is 15.1. The van der Waals surface area contributed by atoms with Gasteiger partial charge in [-0.25, -0.2) is 0 Å². The number of fused-ring (bicyclic) bond motifs is 2. The molecule has 0 radical (unpaired) electrons. The summed E-state index contributed by atoms with van der Waals surface area (Å²) >= 11 is 1.73. The quantitative estimate of drug-likeness (QED) is 0.947. The van der Waals surface area contributed by atoms with Gasteiger partial charge in [0.05, 0.1) is 11.6 Å². The zero-order valence-electron chi connectivity index (χ0n) is 12.8. The number of carbonyl (C=O) groups is 1. The van der Waals surface area contributed by atoms with E-state index in [-0.39, 0.29) is 11.9 Å². The number of amides is 1. The van der Waals surface area contributed by atoms with E-state index in [1.54, 1.807) is 11.3 Å². The topological polar surface area (TPSA) is 59.8 Å². The highest BCUT2D eigenvalue weighted by Gasteiger charge is 2.25. The first-order valence-electron chi connectivity index (χ1n) is 8.06. The van der Waals surface area contributed by atoms with Crippen LogP contribution in [0.4, 0.5) is 0 Å². The second-order valence-electron chi connectivity index (χ2n) is 6.18. The molecular weight excluding hydrogens is 296 g/mol. The van der Waals surface area contributed by atoms with Crippen molar-refractivity contribution in [2.75, 3.05) is 0 Å². The molecule has 116 valence electrons. The summed E-state index contributed by atoms with van der Waals surface area (Å²) in [6, 6.07) is -0.106. The Morgan fingerprint density at radius 1 is 1.27 bits per heavy atom. The van der Waals surface area contributed by atoms with Gasteiger partial charge in [0.25, 0.3) is 5.91 Å². The van der Waals surface area contributed by atoms with Crippen LogP contribution in [0, 0.1) is 0 Å². The van der Waals surface area contributed by atoms with Crippen LogP contribution in [0.5, 0.6) is 0 Å². The predicted molar refractivity (Wildman–Crippen MR) is 85.2 cm³/mol. The number of hydrogen-bond donors (Lipinski definition) is 1. The molecule has 2 aliphatic rings. The van der Waals surface area contributed by atoms with Crippen molar-refractivity contribution in [2.45, 2.75) is 58.0 Å². The van der Waals surface area contributed by atoms with Crippen LogP contribution in [0.25, 0.3) is 0 Å². The van der Waals surface area contributed by atoms with Crippen LogP contribution in [-0.4, -0.2) is 20.7 Å². The van der Waals surface area contributed by atoms with E-state index in [0.29, 0.717) is 0 Å². The predicted octanol–water partition coefficient (Wildman–Crippen LogP) is 2.66. The summed E-state index contributed by atoms with van der Waals surface area (Å²) in [4.78, 5) is 14.0. The molecule has 3 heterocycles. The Hall–Kier alpha value is -1.69. The van der Waals surface area contributed by atoms with Gasteiger partial charge in [-0.2, -0.15) is 0 Å². The molecule has 0 fully saturated rings. The summed E-state index contributed by atoms with van der Waals surface area (Å²) in [7, 11) is 0. The van der Waals surface area contributed by atoms with Crippen molar-refractivity contribution in [3.05, 3.63) is 33.0 Å². The first kappa shape index (κ1) is 13.9. The monoisotopic (exact) mass is 316 g/mol. The molecule has 1 aliphatic heterocycles. The van der Waals surface area contributed by atoms with E-state index in [9.17, 15) is 4.79 Å². The number of rotatable bonds is 3. The van der Waals surface area contributed by atoms with Gasteiger partial charge in [0.15, 0.2) is 5.82 Å². The molecule has 22 heavy (non-hydrogen) atoms. The highest BCUT2D eigenvalue weighted by atomic mass is 32.1. The molecule has 0 aromatic carbocycles. The van der Waals surface area contributed by atoms with Crippen LogP contribution in [-0.2, 0) is 25.8 Å². The van der Waals surface area contributed by atoms with Crippen molar-refractivity contribution in [1.82, 2.24) is 20.1 Å². The van der Waals surface area contributed by atoms with Gasteiger partial charge in [-0.1, -0.05) is 0 Å². The van der Waals surface area contributed by atoms with Crippen LogP contribution in [0.2, 0.25) is 0 Å². The minimum Gasteiger partial charge on any atom is -0.342 e. The number of nitrogens with one attached hydrogen (secondary N) is 1. The van der Waals surface area contributed by atoms with Gasteiger partial charge in [-0.05, 0) is 44.6 Å². The Bertz CT molecular complexity index is 718. The molecule has 2 aromatic rings. The molecule has 5 nitrogen and oxygen atoms in total. The van der Waals surface area contributed by atoms with Gasteiger partial charge in [0.1, 0.15) is 5.82 Å². The number of aryl methyl sites for hydroxylation is 2. The second-order valence-corrected chi connectivity index (χ2v) is 7.15. The summed E-state index contributed by atoms with van der Waals surface area (Å²) in [5.41, 5.74) is 2.14. The van der Waals surface area contributed by atoms with E-state index in [1.165, 1.54) is 23.3 Å². The average molecular weight is 316 g/mol. The van der Waals surface area contributed by atoms with Crippen LogP contribution >= 0.6 is 11.3 Å². The van der Waals surface area contributed by atoms with Crippen LogP contribution in [0.1, 0.15) is 64.7 Å². The van der Waals surface area contributed by atoms with Crippen molar-refractivity contribution < 1.29 is 4.79 Å². The fraction of sp³-hybridized carbons (Fsp3) is 0.562. The van der Waals surface area contributed by atoms with Crippen LogP contribution < -0.4 is 5.32 Å². The van der Waals surface area contributed by atoms with Crippen molar-refractivity contribution >= 4 is 17.2 Å². The molecule has 0 spiro atoms. The lowest BCUT2D eigenvalue weighted by atomic mass is 9.95. The second kappa shape index (κ2) is 5.50. The molecule has 1 atom stereocenters. The molecule has 2 aromatic heterocycles. The Balaban J connectivity index is 1.53. The molecule has 0 saturated heterocycles. The molecule has 1 aliphatic carbocycles. The first-order chi connectivity index (χ1) is 10.7. The summed E-state index contributed by atoms with van der Waals surface area (Å²) < 4.78 is 2.15. The van der Waals surface area contributed by atoms with Crippen LogP contribution in [0.3, 0.4) is 0 Å². The van der Waals surface area contributed by atoms with Gasteiger partial charge in [-0.15, -0.1) is 21.5 Å². The molecular formula is C16H20N4OS. The zero-order valence-corrected chi connectivity index (χ0v) is 13.6. The molecule has 0 unspecified atom stereocenters. The van der Waals surface area contributed by atoms with Gasteiger partial charge >= 0.3 is 0 Å². The Morgan fingerprint density at radius 3 is 3.05 bits per heavy atom. The van der Waals surface area contributed by atoms with Crippen molar-refractivity contribution in [2.24, 2.45) is 0 Å². The lowest BCUT2D eigenvalue weighted by Crippen LogP contribution is -2.29. The third kappa shape index (κ3) is 2.26. The SMILES string of the molecule is C[C@H](NC(=O)c1csc2c1CCCC2)c1nnc2n1CCC2. The maximum Gasteiger partial charge on any atom is 0.252 e. The van der Waals surface area contributed by atoms with E-state index in [4.69, 9.17) is 0 Å². The lowest BCUT2D eigenvalue weighted by molar-refractivity contribution is 0.0937. The summed E-state index contributed by atoms with van der Waals surface area (Å²) in [6.45, 7) is 2.96. The number of nitrogens with zero attached hydrogens (tertiary/aromatic N) is 3. The van der Waals surface area contributed by atoms with Gasteiger partial charge in [0.2, 0.25) is 0 Å². The third-order valence-electron chi connectivity index (χ3n) is 4.68. The van der Waals surface area contributed by atoms with E-state index in [2.05, 4.69) is 20.1 Å². The largest absolute Gasteiger partial charge is 0.342 e. The number of aromatic nitrogens is 3. The highest BCUT2D eigenvalue weighted by Crippen LogP contribution is 2.30. The van der Waals surface area contributed by atoms with Gasteiger partial charge in [0, 0.05) is 23.2 Å². The summed E-state index contributed by atoms with van der Waals surface area (Å²) in [5.74, 6) is 1.95. The molecule has 1 N–H and O–H groups in total. The van der Waals surface area contributed by atoms with Gasteiger partial charge < -0.3 is 9.88 Å². The third-order valence-corrected chi connectivity index (χ3v) is 5.77. The van der Waals surface area contributed by atoms with E-state index in [1.807, 2.05) is 12.3 Å². The maximum absolute atomic E-state index is 12.6. The Labute approximate surface area is 133 Å². The average Bonchev–Trinajstić information content (AvgIpc) is 3.21. The van der Waals surface area contributed by atoms with Gasteiger partial charge in [-0.3, -0.25) is 4.79 Å². The van der Waals surface area contributed by atoms with Crippen molar-refractivity contribution in [1.29, 1.82) is 0 Å². The molecule has 0 bridgehead atoms. The standard InChI is InChI=1S/C16H20N4OS/c1-10(15-19-18-14-7-4-8-20(14)15)17-16(21)12-9-22-13-6-3-2-5-11(12)13/h9-10H,2-8H2,1H3,(H,17,21)/t10-/m0/s1. The fourth-order valence-electron chi connectivity index (χ4n) is 3.52. The summed E-state index contributed by atoms with van der Waals surface area (Å²) in [5, 5.41) is 13.6. The normalized spacial score (nSPS) is 17.9. The van der Waals surface area contributed by atoms with Crippen LogP contribution in [0.15, 0.2) is 5.38 Å². The molecule has 6 heteroatoms. The lowest BCUT2D eigenvalue weighted by Gasteiger charge is -2.16. The number of carbonyl (C=O) groups excluding carboxylic acids is 1. The maximum atomic E-state index is 12.6. The van der Waals surface area contributed by atoms with E-state index in [0.717, 1.165) is 49.4 Å². The highest BCUT2D eigenvalue weighted by molar-refractivity contribution is 7.10. The minimum absolute atomic E-state index is 0.0299. The van der Waals surface area contributed by atoms with Crippen molar-refractivity contribution in [3.8, 4) is 0 Å². The van der Waals surface area contributed by atoms with E-state index < -0.39 is 0 Å². The minimum atomic E-state index is -0.106. The van der Waals surface area contributed by atoms with Crippen molar-refractivity contribution in [3.63, 3.8) is 0 Å².